The number of aromatic nitrogens is 2. The maximum Gasteiger partial charge on any atom is 0.573 e. The Morgan fingerprint density at radius 1 is 1.25 bits per heavy atom. The summed E-state index contributed by atoms with van der Waals surface area (Å²) in [5, 5.41) is 10.9. The van der Waals surface area contributed by atoms with E-state index >= 15 is 0 Å². The zero-order chi connectivity index (χ0) is 19.8. The fraction of sp³-hybridized carbons (Fsp3) is 0.389. The number of carbonyl (C=O) groups excluding carboxylic acids is 1. The monoisotopic (exact) mass is 394 g/mol. The minimum absolute atomic E-state index is 0.167. The van der Waals surface area contributed by atoms with Crippen LogP contribution in [0.3, 0.4) is 0 Å². The lowest BCUT2D eigenvalue weighted by Crippen LogP contribution is -2.72. The van der Waals surface area contributed by atoms with Crippen molar-refractivity contribution >= 4 is 11.7 Å². The van der Waals surface area contributed by atoms with Crippen molar-refractivity contribution in [3.05, 3.63) is 47.7 Å². The summed E-state index contributed by atoms with van der Waals surface area (Å²) in [5.74, 6) is -0.0585. The van der Waals surface area contributed by atoms with E-state index in [1.165, 1.54) is 18.2 Å². The van der Waals surface area contributed by atoms with E-state index < -0.39 is 6.36 Å². The standard InChI is InChI=1S/C18H17F3N4O3/c19-18(20,21)28-13-3-1-2-12(8-13)9-22-15-5-4-14(23-24-15)16(26)25-7-6-17(25)10-27-11-17/h1-5,8H,6-7,9-11H2,(H,22,24). The van der Waals surface area contributed by atoms with Crippen LogP contribution in [0.5, 0.6) is 5.75 Å². The molecule has 0 bridgehead atoms. The molecule has 4 rings (SSSR count). The smallest absolute Gasteiger partial charge is 0.406 e. The van der Waals surface area contributed by atoms with Gasteiger partial charge in [-0.25, -0.2) is 0 Å². The molecule has 148 valence electrons. The lowest BCUT2D eigenvalue weighted by Gasteiger charge is -2.57. The highest BCUT2D eigenvalue weighted by molar-refractivity contribution is 5.93. The molecule has 1 aromatic carbocycles. The summed E-state index contributed by atoms with van der Waals surface area (Å²) in [4.78, 5) is 14.3. The van der Waals surface area contributed by atoms with Gasteiger partial charge in [-0.05, 0) is 36.2 Å². The minimum atomic E-state index is -4.74. The molecular weight excluding hydrogens is 377 g/mol. The summed E-state index contributed by atoms with van der Waals surface area (Å²) in [6.45, 7) is 2.02. The lowest BCUT2D eigenvalue weighted by atomic mass is 9.82. The van der Waals surface area contributed by atoms with E-state index in [-0.39, 0.29) is 29.4 Å². The number of anilines is 1. The average molecular weight is 394 g/mol. The van der Waals surface area contributed by atoms with Crippen LogP contribution in [0.15, 0.2) is 36.4 Å². The van der Waals surface area contributed by atoms with Crippen molar-refractivity contribution in [2.75, 3.05) is 25.1 Å². The van der Waals surface area contributed by atoms with Gasteiger partial charge in [0.15, 0.2) is 5.69 Å². The average Bonchev–Trinajstić information content (AvgIpc) is 2.57. The molecule has 0 saturated carbocycles. The van der Waals surface area contributed by atoms with Gasteiger partial charge in [-0.2, -0.15) is 0 Å². The number of amides is 1. The quantitative estimate of drug-likeness (QED) is 0.840. The Balaban J connectivity index is 1.35. The molecule has 1 amide bonds. The molecular formula is C18H17F3N4O3. The van der Waals surface area contributed by atoms with Crippen LogP contribution in [0, 0.1) is 0 Å². The predicted octanol–water partition coefficient (Wildman–Crippen LogP) is 2.60. The molecule has 2 saturated heterocycles. The second kappa shape index (κ2) is 6.93. The zero-order valence-corrected chi connectivity index (χ0v) is 14.7. The lowest BCUT2D eigenvalue weighted by molar-refractivity contribution is -0.274. The Hall–Kier alpha value is -2.88. The van der Waals surface area contributed by atoms with Crippen molar-refractivity contribution in [2.24, 2.45) is 0 Å². The Bertz CT molecular complexity index is 864. The maximum absolute atomic E-state index is 12.5. The molecule has 28 heavy (non-hydrogen) atoms. The normalized spacial score (nSPS) is 17.6. The van der Waals surface area contributed by atoms with Gasteiger partial charge in [0.05, 0.1) is 18.8 Å². The van der Waals surface area contributed by atoms with Crippen molar-refractivity contribution in [2.45, 2.75) is 24.9 Å². The highest BCUT2D eigenvalue weighted by Crippen LogP contribution is 2.38. The first-order valence-corrected chi connectivity index (χ1v) is 8.67. The number of nitrogens with zero attached hydrogens (tertiary/aromatic N) is 3. The first-order chi connectivity index (χ1) is 13.3. The molecule has 7 nitrogen and oxygen atoms in total. The van der Waals surface area contributed by atoms with Gasteiger partial charge >= 0.3 is 6.36 Å². The maximum atomic E-state index is 12.5. The fourth-order valence-electron chi connectivity index (χ4n) is 3.22. The topological polar surface area (TPSA) is 76.6 Å². The van der Waals surface area contributed by atoms with Gasteiger partial charge in [0.1, 0.15) is 11.6 Å². The number of likely N-dealkylation sites (tertiary alicyclic amines) is 1. The number of carbonyl (C=O) groups is 1. The van der Waals surface area contributed by atoms with Crippen molar-refractivity contribution in [1.29, 1.82) is 0 Å². The van der Waals surface area contributed by atoms with Gasteiger partial charge in [0.25, 0.3) is 5.91 Å². The number of hydrogen-bond donors (Lipinski definition) is 1. The third-order valence-corrected chi connectivity index (χ3v) is 4.85. The molecule has 3 heterocycles. The summed E-state index contributed by atoms with van der Waals surface area (Å²) < 4.78 is 46.0. The molecule has 2 fully saturated rings. The van der Waals surface area contributed by atoms with Crippen LogP contribution in [0.1, 0.15) is 22.5 Å². The number of rotatable bonds is 5. The van der Waals surface area contributed by atoms with Gasteiger partial charge in [-0.1, -0.05) is 12.1 Å². The highest BCUT2D eigenvalue weighted by Gasteiger charge is 2.53. The van der Waals surface area contributed by atoms with Crippen molar-refractivity contribution < 1.29 is 27.4 Å². The van der Waals surface area contributed by atoms with Gasteiger partial charge in [0, 0.05) is 13.1 Å². The molecule has 0 aliphatic carbocycles. The molecule has 10 heteroatoms. The van der Waals surface area contributed by atoms with Crippen molar-refractivity contribution in [3.8, 4) is 5.75 Å². The Labute approximate surface area is 158 Å². The van der Waals surface area contributed by atoms with E-state index in [9.17, 15) is 18.0 Å². The van der Waals surface area contributed by atoms with Gasteiger partial charge in [-0.15, -0.1) is 23.4 Å². The first kappa shape index (κ1) is 18.5. The molecule has 0 unspecified atom stereocenters. The molecule has 0 atom stereocenters. The predicted molar refractivity (Wildman–Crippen MR) is 91.7 cm³/mol. The molecule has 2 aromatic rings. The van der Waals surface area contributed by atoms with Gasteiger partial charge in [0.2, 0.25) is 0 Å². The molecule has 0 radical (unpaired) electrons. The van der Waals surface area contributed by atoms with E-state index in [0.29, 0.717) is 31.1 Å². The molecule has 1 spiro atoms. The largest absolute Gasteiger partial charge is 0.573 e. The number of benzene rings is 1. The first-order valence-electron chi connectivity index (χ1n) is 8.67. The van der Waals surface area contributed by atoms with Crippen LogP contribution < -0.4 is 10.1 Å². The summed E-state index contributed by atoms with van der Waals surface area (Å²) >= 11 is 0. The Kier molecular flexibility index (Phi) is 4.58. The van der Waals surface area contributed by atoms with Crippen LogP contribution in [0.2, 0.25) is 0 Å². The number of halogens is 3. The van der Waals surface area contributed by atoms with E-state index in [1.807, 2.05) is 0 Å². The van der Waals surface area contributed by atoms with Crippen LogP contribution in [0.4, 0.5) is 19.0 Å². The van der Waals surface area contributed by atoms with E-state index in [1.54, 1.807) is 23.1 Å². The van der Waals surface area contributed by atoms with E-state index in [2.05, 4.69) is 20.3 Å². The second-order valence-corrected chi connectivity index (χ2v) is 6.78. The Morgan fingerprint density at radius 3 is 2.64 bits per heavy atom. The van der Waals surface area contributed by atoms with Crippen LogP contribution in [0.25, 0.3) is 0 Å². The zero-order valence-electron chi connectivity index (χ0n) is 14.7. The van der Waals surface area contributed by atoms with Crippen LogP contribution >= 0.6 is 0 Å². The molecule has 1 aromatic heterocycles. The van der Waals surface area contributed by atoms with Gasteiger partial charge < -0.3 is 19.7 Å². The third kappa shape index (κ3) is 3.72. The SMILES string of the molecule is O=C(c1ccc(NCc2cccc(OC(F)(F)F)c2)nn1)N1CCC12COC2. The van der Waals surface area contributed by atoms with E-state index in [4.69, 9.17) is 4.74 Å². The summed E-state index contributed by atoms with van der Waals surface area (Å²) in [7, 11) is 0. The number of nitrogens with one attached hydrogen (secondary N) is 1. The summed E-state index contributed by atoms with van der Waals surface area (Å²) in [6, 6.07) is 8.83. The number of hydrogen-bond acceptors (Lipinski definition) is 6. The van der Waals surface area contributed by atoms with Crippen LogP contribution in [-0.4, -0.2) is 52.7 Å². The number of ether oxygens (including phenoxy) is 2. The second-order valence-electron chi connectivity index (χ2n) is 6.78. The molecule has 1 N–H and O–H groups in total. The molecule has 2 aliphatic rings. The Morgan fingerprint density at radius 2 is 2.07 bits per heavy atom. The van der Waals surface area contributed by atoms with Crippen molar-refractivity contribution in [1.82, 2.24) is 15.1 Å². The fourth-order valence-corrected chi connectivity index (χ4v) is 3.22. The minimum Gasteiger partial charge on any atom is -0.406 e. The van der Waals surface area contributed by atoms with E-state index in [0.717, 1.165) is 6.42 Å². The van der Waals surface area contributed by atoms with Crippen LogP contribution in [-0.2, 0) is 11.3 Å². The number of alkyl halides is 3. The van der Waals surface area contributed by atoms with Gasteiger partial charge in [-0.3, -0.25) is 4.79 Å². The summed E-state index contributed by atoms with van der Waals surface area (Å²) in [5.41, 5.74) is 0.660. The summed E-state index contributed by atoms with van der Waals surface area (Å²) in [6.07, 6.45) is -3.80. The highest BCUT2D eigenvalue weighted by atomic mass is 19.4. The third-order valence-electron chi connectivity index (χ3n) is 4.85. The van der Waals surface area contributed by atoms with Crippen molar-refractivity contribution in [3.63, 3.8) is 0 Å². The molecule has 2 aliphatic heterocycles.